The summed E-state index contributed by atoms with van der Waals surface area (Å²) in [6.07, 6.45) is 0. The molecular weight excluding hydrogens is 225 g/mol. The van der Waals surface area contributed by atoms with Crippen molar-refractivity contribution in [2.75, 3.05) is 13.2 Å². The monoisotopic (exact) mass is 235 g/mol. The molecule has 6 nitrogen and oxygen atoms in total. The van der Waals surface area contributed by atoms with Gasteiger partial charge in [-0.25, -0.2) is 17.9 Å². The summed E-state index contributed by atoms with van der Waals surface area (Å²) in [4.78, 5) is 0. The van der Waals surface area contributed by atoms with Gasteiger partial charge >= 0.3 is 0 Å². The molecule has 2 heterocycles. The molecule has 0 radical (unpaired) electrons. The van der Waals surface area contributed by atoms with Gasteiger partial charge in [0.2, 0.25) is 0 Å². The summed E-state index contributed by atoms with van der Waals surface area (Å²) in [5, 5.41) is 8.19. The predicted octanol–water partition coefficient (Wildman–Crippen LogP) is -0.737. The van der Waals surface area contributed by atoms with Crippen LogP contribution in [0.3, 0.4) is 0 Å². The number of alkyl halides is 1. The number of aryl methyl sites for hydroxylation is 1. The Kier molecular flexibility index (Phi) is 2.11. The molecule has 0 spiro atoms. The van der Waals surface area contributed by atoms with E-state index in [4.69, 9.17) is 9.88 Å². The van der Waals surface area contributed by atoms with Crippen LogP contribution in [0.25, 0.3) is 0 Å². The summed E-state index contributed by atoms with van der Waals surface area (Å²) in [5.41, 5.74) is -1.48. The SMILES string of the molecule is Cn1nc(S(N)(=O)=O)cc1C1(F)COC1. The number of hydrogen-bond donors (Lipinski definition) is 1. The number of halogens is 1. The molecule has 1 saturated heterocycles. The van der Waals surface area contributed by atoms with Gasteiger partial charge in [-0.1, -0.05) is 0 Å². The van der Waals surface area contributed by atoms with Crippen LogP contribution >= 0.6 is 0 Å². The molecule has 0 bridgehead atoms. The number of aromatic nitrogens is 2. The molecule has 1 aromatic rings. The fourth-order valence-corrected chi connectivity index (χ4v) is 1.94. The van der Waals surface area contributed by atoms with Gasteiger partial charge in [0.15, 0.2) is 10.7 Å². The first-order chi connectivity index (χ1) is 6.83. The van der Waals surface area contributed by atoms with Gasteiger partial charge in [0, 0.05) is 13.1 Å². The molecule has 1 fully saturated rings. The van der Waals surface area contributed by atoms with Crippen LogP contribution in [0.5, 0.6) is 0 Å². The summed E-state index contributed by atoms with van der Waals surface area (Å²) in [6.45, 7) is -0.173. The molecule has 1 aliphatic rings. The van der Waals surface area contributed by atoms with E-state index in [0.717, 1.165) is 6.07 Å². The first-order valence-electron chi connectivity index (χ1n) is 4.17. The normalized spacial score (nSPS) is 19.9. The van der Waals surface area contributed by atoms with E-state index in [1.54, 1.807) is 0 Å². The number of nitrogens with zero attached hydrogens (tertiary/aromatic N) is 2. The van der Waals surface area contributed by atoms with Crippen molar-refractivity contribution in [3.8, 4) is 0 Å². The minimum absolute atomic E-state index is 0.0867. The van der Waals surface area contributed by atoms with Crippen LogP contribution < -0.4 is 5.14 Å². The largest absolute Gasteiger partial charge is 0.374 e. The van der Waals surface area contributed by atoms with Crippen molar-refractivity contribution >= 4 is 10.0 Å². The maximum atomic E-state index is 13.9. The maximum absolute atomic E-state index is 13.9. The zero-order chi connectivity index (χ0) is 11.3. The average molecular weight is 235 g/mol. The van der Waals surface area contributed by atoms with Crippen molar-refractivity contribution in [2.45, 2.75) is 10.7 Å². The van der Waals surface area contributed by atoms with Gasteiger partial charge in [-0.2, -0.15) is 5.10 Å². The molecule has 2 N–H and O–H groups in total. The molecule has 0 unspecified atom stereocenters. The van der Waals surface area contributed by atoms with E-state index in [9.17, 15) is 12.8 Å². The van der Waals surface area contributed by atoms with Gasteiger partial charge in [0.1, 0.15) is 0 Å². The van der Waals surface area contributed by atoms with Gasteiger partial charge < -0.3 is 4.74 Å². The van der Waals surface area contributed by atoms with Crippen molar-refractivity contribution in [3.63, 3.8) is 0 Å². The van der Waals surface area contributed by atoms with Gasteiger partial charge in [0.05, 0.1) is 18.9 Å². The Balaban J connectivity index is 2.47. The van der Waals surface area contributed by atoms with E-state index in [-0.39, 0.29) is 23.9 Å². The van der Waals surface area contributed by atoms with Gasteiger partial charge in [0.25, 0.3) is 10.0 Å². The molecular formula is C7H10FN3O3S. The van der Waals surface area contributed by atoms with Gasteiger partial charge in [-0.05, 0) is 0 Å². The number of ether oxygens (including phenoxy) is 1. The zero-order valence-corrected chi connectivity index (χ0v) is 8.79. The lowest BCUT2D eigenvalue weighted by molar-refractivity contribution is -0.139. The minimum Gasteiger partial charge on any atom is -0.374 e. The number of sulfonamides is 1. The first-order valence-corrected chi connectivity index (χ1v) is 5.71. The van der Waals surface area contributed by atoms with Crippen molar-refractivity contribution in [2.24, 2.45) is 12.2 Å². The fraction of sp³-hybridized carbons (Fsp3) is 0.571. The van der Waals surface area contributed by atoms with E-state index >= 15 is 0 Å². The number of hydrogen-bond acceptors (Lipinski definition) is 4. The molecule has 0 aromatic carbocycles. The van der Waals surface area contributed by atoms with E-state index < -0.39 is 15.7 Å². The molecule has 1 aliphatic heterocycles. The highest BCUT2D eigenvalue weighted by molar-refractivity contribution is 7.89. The Bertz CT molecular complexity index is 492. The van der Waals surface area contributed by atoms with E-state index in [0.29, 0.717) is 0 Å². The second-order valence-corrected chi connectivity index (χ2v) is 5.00. The van der Waals surface area contributed by atoms with E-state index in [1.807, 2.05) is 0 Å². The molecule has 8 heteroatoms. The zero-order valence-electron chi connectivity index (χ0n) is 7.97. The highest BCUT2D eigenvalue weighted by atomic mass is 32.2. The number of primary sulfonamides is 1. The smallest absolute Gasteiger partial charge is 0.257 e. The van der Waals surface area contributed by atoms with Crippen LogP contribution in [0.15, 0.2) is 11.1 Å². The number of rotatable bonds is 2. The summed E-state index contributed by atoms with van der Waals surface area (Å²) in [7, 11) is -2.43. The molecule has 0 aliphatic carbocycles. The van der Waals surface area contributed by atoms with Crippen molar-refractivity contribution in [3.05, 3.63) is 11.8 Å². The van der Waals surface area contributed by atoms with Crippen LogP contribution in [-0.4, -0.2) is 31.4 Å². The Hall–Kier alpha value is -0.990. The van der Waals surface area contributed by atoms with E-state index in [1.165, 1.54) is 11.7 Å². The molecule has 15 heavy (non-hydrogen) atoms. The molecule has 0 amide bonds. The molecule has 0 atom stereocenters. The summed E-state index contributed by atoms with van der Waals surface area (Å²) in [5.74, 6) is 0. The highest BCUT2D eigenvalue weighted by Crippen LogP contribution is 2.34. The molecule has 2 rings (SSSR count). The topological polar surface area (TPSA) is 87.2 Å². The maximum Gasteiger partial charge on any atom is 0.257 e. The third kappa shape index (κ3) is 1.64. The third-order valence-electron chi connectivity index (χ3n) is 2.27. The first kappa shape index (κ1) is 10.5. The second kappa shape index (κ2) is 3.00. The quantitative estimate of drug-likeness (QED) is 0.731. The van der Waals surface area contributed by atoms with Crippen LogP contribution in [-0.2, 0) is 27.5 Å². The Morgan fingerprint density at radius 2 is 2.27 bits per heavy atom. The van der Waals surface area contributed by atoms with Crippen LogP contribution in [0.1, 0.15) is 5.69 Å². The van der Waals surface area contributed by atoms with Crippen LogP contribution in [0.4, 0.5) is 4.39 Å². The lowest BCUT2D eigenvalue weighted by atomic mass is 10.0. The predicted molar refractivity (Wildman–Crippen MR) is 48.2 cm³/mol. The molecule has 84 valence electrons. The summed E-state index contributed by atoms with van der Waals surface area (Å²) >= 11 is 0. The average Bonchev–Trinajstić information content (AvgIpc) is 2.42. The standard InChI is InChI=1S/C7H10FN3O3S/c1-11-5(7(8)3-14-4-7)2-6(10-11)15(9,12)13/h2H,3-4H2,1H3,(H2,9,12,13). The van der Waals surface area contributed by atoms with Crippen molar-refractivity contribution < 1.29 is 17.5 Å². The van der Waals surface area contributed by atoms with Crippen LogP contribution in [0, 0.1) is 0 Å². The Labute approximate surface area is 85.9 Å². The molecule has 0 saturated carbocycles. The number of nitrogens with two attached hydrogens (primary N) is 1. The fourth-order valence-electron chi connectivity index (χ4n) is 1.43. The summed E-state index contributed by atoms with van der Waals surface area (Å²) in [6, 6.07) is 1.14. The third-order valence-corrected chi connectivity index (χ3v) is 3.05. The lowest BCUT2D eigenvalue weighted by Crippen LogP contribution is -2.43. The lowest BCUT2D eigenvalue weighted by Gasteiger charge is -2.33. The molecule has 1 aromatic heterocycles. The second-order valence-electron chi connectivity index (χ2n) is 3.49. The van der Waals surface area contributed by atoms with E-state index in [2.05, 4.69) is 5.10 Å². The summed E-state index contributed by atoms with van der Waals surface area (Å²) < 4.78 is 41.8. The van der Waals surface area contributed by atoms with Gasteiger partial charge in [-0.15, -0.1) is 0 Å². The Morgan fingerprint density at radius 3 is 2.60 bits per heavy atom. The highest BCUT2D eigenvalue weighted by Gasteiger charge is 2.44. The Morgan fingerprint density at radius 1 is 1.67 bits per heavy atom. The van der Waals surface area contributed by atoms with Crippen molar-refractivity contribution in [1.82, 2.24) is 9.78 Å². The minimum atomic E-state index is -3.89. The van der Waals surface area contributed by atoms with Crippen molar-refractivity contribution in [1.29, 1.82) is 0 Å². The van der Waals surface area contributed by atoms with Gasteiger partial charge in [-0.3, -0.25) is 4.68 Å². The van der Waals surface area contributed by atoms with Crippen LogP contribution in [0.2, 0.25) is 0 Å².